The van der Waals surface area contributed by atoms with Crippen LogP contribution < -0.4 is 4.72 Å². The Morgan fingerprint density at radius 2 is 1.81 bits per heavy atom. The zero-order valence-corrected chi connectivity index (χ0v) is 11.5. The monoisotopic (exact) mass is 277 g/mol. The lowest BCUT2D eigenvalue weighted by Crippen LogP contribution is -2.47. The van der Waals surface area contributed by atoms with Crippen LogP contribution in [0.15, 0.2) is 0 Å². The average Bonchev–Trinajstić information content (AvgIpc) is 2.08. The summed E-state index contributed by atoms with van der Waals surface area (Å²) in [6, 6.07) is -1.69. The van der Waals surface area contributed by atoms with E-state index >= 15 is 0 Å². The molecule has 0 aliphatic carbocycles. The van der Waals surface area contributed by atoms with Crippen molar-refractivity contribution in [2.24, 2.45) is 0 Å². The fourth-order valence-electron chi connectivity index (χ4n) is 0.831. The fraction of sp³-hybridized carbons (Fsp3) is 1.00. The SMILES string of the molecule is CSCC[C@H](N[S@](=O)C(C)(C)C)C(F)(F)F. The molecule has 0 saturated carbocycles. The maximum Gasteiger partial charge on any atom is 0.404 e. The summed E-state index contributed by atoms with van der Waals surface area (Å²) in [4.78, 5) is 0. The van der Waals surface area contributed by atoms with Crippen LogP contribution in [0, 0.1) is 0 Å². The average molecular weight is 277 g/mol. The van der Waals surface area contributed by atoms with Crippen LogP contribution in [-0.4, -0.2) is 33.2 Å². The molecule has 0 aromatic rings. The van der Waals surface area contributed by atoms with E-state index in [2.05, 4.69) is 4.72 Å². The third-order valence-corrected chi connectivity index (χ3v) is 4.07. The summed E-state index contributed by atoms with van der Waals surface area (Å²) in [6.07, 6.45) is -2.67. The highest BCUT2D eigenvalue weighted by molar-refractivity contribution is 7.98. The number of hydrogen-bond donors (Lipinski definition) is 1. The van der Waals surface area contributed by atoms with E-state index < -0.39 is 28.0 Å². The van der Waals surface area contributed by atoms with Crippen molar-refractivity contribution in [3.05, 3.63) is 0 Å². The Hall–Kier alpha value is 0.250. The van der Waals surface area contributed by atoms with Crippen LogP contribution in [0.3, 0.4) is 0 Å². The number of halogens is 3. The molecule has 0 aromatic carbocycles. The molecule has 1 N–H and O–H groups in total. The highest BCUT2D eigenvalue weighted by Gasteiger charge is 2.41. The van der Waals surface area contributed by atoms with Gasteiger partial charge in [0.15, 0.2) is 0 Å². The molecule has 2 atom stereocenters. The second-order valence-electron chi connectivity index (χ2n) is 4.37. The molecule has 0 rings (SSSR count). The van der Waals surface area contributed by atoms with Crippen molar-refractivity contribution in [3.63, 3.8) is 0 Å². The van der Waals surface area contributed by atoms with Crippen LogP contribution >= 0.6 is 11.8 Å². The minimum atomic E-state index is -4.35. The Morgan fingerprint density at radius 1 is 1.31 bits per heavy atom. The molecule has 0 fully saturated rings. The summed E-state index contributed by atoms with van der Waals surface area (Å²) in [7, 11) is -1.70. The molecule has 16 heavy (non-hydrogen) atoms. The van der Waals surface area contributed by atoms with Gasteiger partial charge >= 0.3 is 6.18 Å². The summed E-state index contributed by atoms with van der Waals surface area (Å²) >= 11 is 1.34. The number of thioether (sulfide) groups is 1. The van der Waals surface area contributed by atoms with Crippen molar-refractivity contribution in [3.8, 4) is 0 Å². The number of alkyl halides is 3. The van der Waals surface area contributed by atoms with Gasteiger partial charge in [-0.25, -0.2) is 8.93 Å². The van der Waals surface area contributed by atoms with Crippen LogP contribution in [-0.2, 0) is 11.0 Å². The summed E-state index contributed by atoms with van der Waals surface area (Å²) in [5.74, 6) is 0.387. The number of nitrogens with one attached hydrogen (secondary N) is 1. The maximum absolute atomic E-state index is 12.6. The molecule has 7 heteroatoms. The van der Waals surface area contributed by atoms with E-state index in [4.69, 9.17) is 0 Å². The standard InChI is InChI=1S/C9H18F3NOS2/c1-8(2,3)16(14)13-7(5-6-15-4)9(10,11)12/h7,13H,5-6H2,1-4H3/t7-,16+/m0/s1. The minimum absolute atomic E-state index is 0.0630. The molecule has 0 aromatic heterocycles. The van der Waals surface area contributed by atoms with E-state index in [0.29, 0.717) is 5.75 Å². The Balaban J connectivity index is 4.50. The van der Waals surface area contributed by atoms with E-state index in [-0.39, 0.29) is 6.42 Å². The molecular weight excluding hydrogens is 259 g/mol. The van der Waals surface area contributed by atoms with Gasteiger partial charge in [0.05, 0.1) is 15.7 Å². The lowest BCUT2D eigenvalue weighted by Gasteiger charge is -2.25. The van der Waals surface area contributed by atoms with Crippen LogP contribution in [0.2, 0.25) is 0 Å². The molecular formula is C9H18F3NOS2. The second kappa shape index (κ2) is 6.26. The van der Waals surface area contributed by atoms with Gasteiger partial charge in [0.25, 0.3) is 0 Å². The topological polar surface area (TPSA) is 29.1 Å². The highest BCUT2D eigenvalue weighted by atomic mass is 32.2. The van der Waals surface area contributed by atoms with Gasteiger partial charge in [0, 0.05) is 0 Å². The quantitative estimate of drug-likeness (QED) is 0.837. The van der Waals surface area contributed by atoms with Crippen molar-refractivity contribution < 1.29 is 17.4 Å². The molecule has 0 aliphatic heterocycles. The first-order valence-corrected chi connectivity index (χ1v) is 7.37. The molecule has 0 aliphatic rings. The zero-order valence-electron chi connectivity index (χ0n) is 9.85. The summed E-state index contributed by atoms with van der Waals surface area (Å²) in [5.41, 5.74) is 0. The number of hydrogen-bond acceptors (Lipinski definition) is 2. The summed E-state index contributed by atoms with van der Waals surface area (Å²) in [5, 5.41) is 0. The molecule has 0 spiro atoms. The number of rotatable bonds is 5. The Labute approximate surface area is 101 Å². The molecule has 2 nitrogen and oxygen atoms in total. The zero-order chi connectivity index (χ0) is 13.0. The van der Waals surface area contributed by atoms with Gasteiger partial charge in [0.1, 0.15) is 6.04 Å². The molecule has 0 bridgehead atoms. The van der Waals surface area contributed by atoms with Crippen LogP contribution in [0.4, 0.5) is 13.2 Å². The Morgan fingerprint density at radius 3 is 2.12 bits per heavy atom. The van der Waals surface area contributed by atoms with Crippen molar-refractivity contribution >= 4 is 22.7 Å². The van der Waals surface area contributed by atoms with E-state index in [1.54, 1.807) is 27.0 Å². The van der Waals surface area contributed by atoms with Crippen molar-refractivity contribution in [2.45, 2.75) is 44.2 Å². The van der Waals surface area contributed by atoms with Crippen molar-refractivity contribution in [2.75, 3.05) is 12.0 Å². The van der Waals surface area contributed by atoms with E-state index in [1.807, 2.05) is 0 Å². The third-order valence-electron chi connectivity index (χ3n) is 1.81. The van der Waals surface area contributed by atoms with E-state index in [9.17, 15) is 17.4 Å². The lowest BCUT2D eigenvalue weighted by atomic mass is 10.2. The van der Waals surface area contributed by atoms with Gasteiger partial charge < -0.3 is 0 Å². The molecule has 0 radical (unpaired) electrons. The molecule has 98 valence electrons. The first-order chi connectivity index (χ1) is 7.09. The van der Waals surface area contributed by atoms with E-state index in [0.717, 1.165) is 0 Å². The van der Waals surface area contributed by atoms with Gasteiger partial charge in [-0.2, -0.15) is 24.9 Å². The lowest BCUT2D eigenvalue weighted by molar-refractivity contribution is -0.151. The normalized spacial score (nSPS) is 17.2. The third kappa shape index (κ3) is 6.10. The highest BCUT2D eigenvalue weighted by Crippen LogP contribution is 2.25. The van der Waals surface area contributed by atoms with Crippen LogP contribution in [0.25, 0.3) is 0 Å². The van der Waals surface area contributed by atoms with Crippen LogP contribution in [0.5, 0.6) is 0 Å². The first-order valence-electron chi connectivity index (χ1n) is 4.82. The van der Waals surface area contributed by atoms with Gasteiger partial charge in [0.2, 0.25) is 0 Å². The van der Waals surface area contributed by atoms with Gasteiger partial charge in [-0.15, -0.1) is 0 Å². The molecule has 0 saturated heterocycles. The Bertz CT molecular complexity index is 238. The smallest absolute Gasteiger partial charge is 0.242 e. The Kier molecular flexibility index (Phi) is 6.35. The summed E-state index contributed by atoms with van der Waals surface area (Å²) in [6.45, 7) is 4.91. The van der Waals surface area contributed by atoms with Gasteiger partial charge in [-0.1, -0.05) is 0 Å². The van der Waals surface area contributed by atoms with Crippen molar-refractivity contribution in [1.82, 2.24) is 4.72 Å². The minimum Gasteiger partial charge on any atom is -0.242 e. The summed E-state index contributed by atoms with van der Waals surface area (Å²) < 4.78 is 50.8. The van der Waals surface area contributed by atoms with Gasteiger partial charge in [-0.3, -0.25) is 0 Å². The fourth-order valence-corrected chi connectivity index (χ4v) is 2.17. The molecule has 0 heterocycles. The molecule has 0 amide bonds. The first kappa shape index (κ1) is 16.2. The predicted molar refractivity (Wildman–Crippen MR) is 63.9 cm³/mol. The molecule has 0 unspecified atom stereocenters. The van der Waals surface area contributed by atoms with Crippen LogP contribution in [0.1, 0.15) is 27.2 Å². The second-order valence-corrected chi connectivity index (χ2v) is 7.36. The van der Waals surface area contributed by atoms with Crippen molar-refractivity contribution in [1.29, 1.82) is 0 Å². The van der Waals surface area contributed by atoms with E-state index in [1.165, 1.54) is 11.8 Å². The largest absolute Gasteiger partial charge is 0.404 e. The predicted octanol–water partition coefficient (Wildman–Crippen LogP) is 2.72. The maximum atomic E-state index is 12.6. The van der Waals surface area contributed by atoms with Gasteiger partial charge in [-0.05, 0) is 39.2 Å².